The van der Waals surface area contributed by atoms with Crippen molar-refractivity contribution in [1.29, 1.82) is 0 Å². The Balaban J connectivity index is 1.71. The fourth-order valence-electron chi connectivity index (χ4n) is 2.56. The van der Waals surface area contributed by atoms with Crippen LogP contribution in [0.3, 0.4) is 0 Å². The fraction of sp³-hybridized carbons (Fsp3) is 0.188. The molecule has 2 N–H and O–H groups in total. The Kier molecular flexibility index (Phi) is 2.70. The minimum atomic E-state index is 0.607. The average molecular weight is 281 g/mol. The van der Waals surface area contributed by atoms with E-state index in [2.05, 4.69) is 16.0 Å². The van der Waals surface area contributed by atoms with E-state index >= 15 is 0 Å². The minimum absolute atomic E-state index is 0.607. The van der Waals surface area contributed by atoms with Crippen LogP contribution in [0.15, 0.2) is 46.9 Å². The fourth-order valence-corrected chi connectivity index (χ4v) is 2.56. The van der Waals surface area contributed by atoms with E-state index in [1.807, 2.05) is 36.4 Å². The zero-order valence-corrected chi connectivity index (χ0v) is 11.5. The van der Waals surface area contributed by atoms with Crippen LogP contribution in [-0.2, 0) is 6.54 Å². The van der Waals surface area contributed by atoms with Crippen molar-refractivity contribution in [1.82, 2.24) is 4.98 Å². The number of rotatable bonds is 1. The summed E-state index contributed by atoms with van der Waals surface area (Å²) in [5.41, 5.74) is 9.14. The summed E-state index contributed by atoms with van der Waals surface area (Å²) in [7, 11) is 0. The molecule has 0 saturated carbocycles. The molecule has 1 aliphatic heterocycles. The Labute approximate surface area is 121 Å². The molecule has 1 aromatic heterocycles. The molecule has 106 valence electrons. The van der Waals surface area contributed by atoms with E-state index < -0.39 is 0 Å². The summed E-state index contributed by atoms with van der Waals surface area (Å²) < 4.78 is 11.6. The summed E-state index contributed by atoms with van der Waals surface area (Å²) >= 11 is 0. The predicted molar refractivity (Wildman–Crippen MR) is 81.4 cm³/mol. The minimum Gasteiger partial charge on any atom is -0.491 e. The van der Waals surface area contributed by atoms with Gasteiger partial charge in [-0.1, -0.05) is 18.2 Å². The van der Waals surface area contributed by atoms with E-state index in [1.165, 1.54) is 0 Å². The van der Waals surface area contributed by atoms with Crippen LogP contribution in [0.5, 0.6) is 5.75 Å². The van der Waals surface area contributed by atoms with Gasteiger partial charge in [-0.2, -0.15) is 4.98 Å². The van der Waals surface area contributed by atoms with Crippen LogP contribution < -0.4 is 15.4 Å². The van der Waals surface area contributed by atoms with Crippen LogP contribution in [0.1, 0.15) is 5.56 Å². The molecule has 3 aromatic rings. The van der Waals surface area contributed by atoms with Gasteiger partial charge in [0.1, 0.15) is 17.9 Å². The molecule has 1 aliphatic rings. The molecule has 0 atom stereocenters. The molecular formula is C16H15N3O2. The van der Waals surface area contributed by atoms with E-state index in [9.17, 15) is 0 Å². The van der Waals surface area contributed by atoms with Gasteiger partial charge in [0.25, 0.3) is 6.01 Å². The van der Waals surface area contributed by atoms with Crippen LogP contribution in [0, 0.1) is 0 Å². The van der Waals surface area contributed by atoms with Gasteiger partial charge in [0.15, 0.2) is 5.58 Å². The molecule has 21 heavy (non-hydrogen) atoms. The molecule has 0 aliphatic carbocycles. The molecule has 0 radical (unpaired) electrons. The van der Waals surface area contributed by atoms with Gasteiger partial charge < -0.3 is 19.8 Å². The highest BCUT2D eigenvalue weighted by Gasteiger charge is 2.19. The first-order valence-electron chi connectivity index (χ1n) is 6.91. The van der Waals surface area contributed by atoms with Crippen molar-refractivity contribution in [3.8, 4) is 5.75 Å². The summed E-state index contributed by atoms with van der Waals surface area (Å²) in [5.74, 6) is 0.931. The predicted octanol–water partition coefficient (Wildman–Crippen LogP) is 2.81. The summed E-state index contributed by atoms with van der Waals surface area (Å²) in [4.78, 5) is 6.62. The van der Waals surface area contributed by atoms with Gasteiger partial charge in [0, 0.05) is 11.3 Å². The molecule has 5 heteroatoms. The van der Waals surface area contributed by atoms with Crippen LogP contribution in [0.2, 0.25) is 0 Å². The molecule has 2 aromatic carbocycles. The van der Waals surface area contributed by atoms with Gasteiger partial charge in [-0.25, -0.2) is 0 Å². The van der Waals surface area contributed by atoms with E-state index in [0.717, 1.165) is 35.5 Å². The Morgan fingerprint density at radius 2 is 2.05 bits per heavy atom. The monoisotopic (exact) mass is 281 g/mol. The molecule has 0 unspecified atom stereocenters. The number of aromatic nitrogens is 1. The van der Waals surface area contributed by atoms with Crippen molar-refractivity contribution < 1.29 is 9.15 Å². The van der Waals surface area contributed by atoms with Crippen molar-refractivity contribution >= 4 is 22.8 Å². The highest BCUT2D eigenvalue weighted by molar-refractivity contribution is 5.78. The Bertz CT molecular complexity index is 797. The smallest absolute Gasteiger partial charge is 0.298 e. The van der Waals surface area contributed by atoms with E-state index in [0.29, 0.717) is 18.3 Å². The van der Waals surface area contributed by atoms with Gasteiger partial charge in [-0.05, 0) is 24.3 Å². The second-order valence-corrected chi connectivity index (χ2v) is 5.10. The highest BCUT2D eigenvalue weighted by atomic mass is 16.5. The SMILES string of the molecule is Nc1ccc2oc(N3CCOc4ccccc4C3)nc2c1. The second kappa shape index (κ2) is 4.70. The third kappa shape index (κ3) is 2.16. The number of fused-ring (bicyclic) bond motifs is 2. The number of ether oxygens (including phenoxy) is 1. The number of nitrogens with two attached hydrogens (primary N) is 1. The molecule has 0 saturated heterocycles. The molecule has 0 spiro atoms. The number of nitrogens with zero attached hydrogens (tertiary/aromatic N) is 2. The average Bonchev–Trinajstić information content (AvgIpc) is 2.78. The molecule has 0 amide bonds. The van der Waals surface area contributed by atoms with Gasteiger partial charge in [0.2, 0.25) is 0 Å². The zero-order chi connectivity index (χ0) is 14.2. The lowest BCUT2D eigenvalue weighted by Gasteiger charge is -2.16. The Morgan fingerprint density at radius 1 is 1.14 bits per heavy atom. The van der Waals surface area contributed by atoms with E-state index in [1.54, 1.807) is 0 Å². The number of anilines is 2. The van der Waals surface area contributed by atoms with Gasteiger partial charge in [0.05, 0.1) is 13.1 Å². The number of nitrogen functional groups attached to an aromatic ring is 1. The van der Waals surface area contributed by atoms with Crippen LogP contribution in [0.25, 0.3) is 11.1 Å². The summed E-state index contributed by atoms with van der Waals surface area (Å²) in [5, 5.41) is 0. The van der Waals surface area contributed by atoms with Gasteiger partial charge >= 0.3 is 0 Å². The molecule has 2 heterocycles. The number of oxazole rings is 1. The van der Waals surface area contributed by atoms with Crippen molar-refractivity contribution in [2.45, 2.75) is 6.54 Å². The number of hydrogen-bond acceptors (Lipinski definition) is 5. The van der Waals surface area contributed by atoms with Crippen molar-refractivity contribution in [3.63, 3.8) is 0 Å². The Hall–Kier alpha value is -2.69. The van der Waals surface area contributed by atoms with Crippen molar-refractivity contribution in [3.05, 3.63) is 48.0 Å². The third-order valence-corrected chi connectivity index (χ3v) is 3.62. The molecule has 5 nitrogen and oxygen atoms in total. The lowest BCUT2D eigenvalue weighted by Crippen LogP contribution is -2.25. The maximum Gasteiger partial charge on any atom is 0.298 e. The first-order chi connectivity index (χ1) is 10.3. The topological polar surface area (TPSA) is 64.5 Å². The van der Waals surface area contributed by atoms with Crippen LogP contribution in [0.4, 0.5) is 11.7 Å². The summed E-state index contributed by atoms with van der Waals surface area (Å²) in [6, 6.07) is 14.2. The maximum absolute atomic E-state index is 5.84. The number of hydrogen-bond donors (Lipinski definition) is 1. The number of para-hydroxylation sites is 1. The molecule has 0 fully saturated rings. The lowest BCUT2D eigenvalue weighted by atomic mass is 10.2. The molecular weight excluding hydrogens is 266 g/mol. The highest BCUT2D eigenvalue weighted by Crippen LogP contribution is 2.28. The van der Waals surface area contributed by atoms with Gasteiger partial charge in [-0.3, -0.25) is 0 Å². The van der Waals surface area contributed by atoms with Crippen LogP contribution in [-0.4, -0.2) is 18.1 Å². The maximum atomic E-state index is 5.84. The molecule has 0 bridgehead atoms. The second-order valence-electron chi connectivity index (χ2n) is 5.10. The van der Waals surface area contributed by atoms with E-state index in [-0.39, 0.29) is 0 Å². The van der Waals surface area contributed by atoms with Gasteiger partial charge in [-0.15, -0.1) is 0 Å². The Morgan fingerprint density at radius 3 is 3.00 bits per heavy atom. The number of benzene rings is 2. The standard InChI is InChI=1S/C16H15N3O2/c17-12-5-6-15-13(9-12)18-16(21-15)19-7-8-20-14-4-2-1-3-11(14)10-19/h1-6,9H,7-8,10,17H2. The van der Waals surface area contributed by atoms with Crippen molar-refractivity contribution in [2.75, 3.05) is 23.8 Å². The third-order valence-electron chi connectivity index (χ3n) is 3.62. The first-order valence-corrected chi connectivity index (χ1v) is 6.91. The molecule has 4 rings (SSSR count). The zero-order valence-electron chi connectivity index (χ0n) is 11.5. The van der Waals surface area contributed by atoms with Crippen LogP contribution >= 0.6 is 0 Å². The normalized spacial score (nSPS) is 14.6. The van der Waals surface area contributed by atoms with E-state index in [4.69, 9.17) is 14.9 Å². The summed E-state index contributed by atoms with van der Waals surface area (Å²) in [6.07, 6.45) is 0. The van der Waals surface area contributed by atoms with Crippen molar-refractivity contribution in [2.24, 2.45) is 0 Å². The quantitative estimate of drug-likeness (QED) is 0.695. The lowest BCUT2D eigenvalue weighted by molar-refractivity contribution is 0.329. The largest absolute Gasteiger partial charge is 0.491 e. The summed E-state index contributed by atoms with van der Waals surface area (Å²) in [6.45, 7) is 2.06. The first kappa shape index (κ1) is 12.1.